The summed E-state index contributed by atoms with van der Waals surface area (Å²) in [5.74, 6) is 0.200. The zero-order valence-electron chi connectivity index (χ0n) is 35.1. The van der Waals surface area contributed by atoms with Crippen LogP contribution < -0.4 is 15.6 Å². The number of nitrogens with one attached hydrogen (secondary N) is 1. The third-order valence-corrected chi connectivity index (χ3v) is 11.9. The summed E-state index contributed by atoms with van der Waals surface area (Å²) in [5.41, 5.74) is 3.64. The van der Waals surface area contributed by atoms with Crippen molar-refractivity contribution in [1.29, 1.82) is 0 Å². The van der Waals surface area contributed by atoms with E-state index in [9.17, 15) is 24.3 Å². The van der Waals surface area contributed by atoms with Gasteiger partial charge in [0.15, 0.2) is 5.78 Å². The molecule has 3 heterocycles. The topological polar surface area (TPSA) is 121 Å². The largest absolute Gasteiger partial charge is 0.415 e. The molecule has 2 N–H and O–H groups in total. The fraction of sp³-hybridized carbons (Fsp3) is 0.333. The van der Waals surface area contributed by atoms with Gasteiger partial charge < -0.3 is 24.6 Å². The number of carbonyl (C=O) groups excluding carboxylic acids is 3. The van der Waals surface area contributed by atoms with Crippen LogP contribution in [0.3, 0.4) is 0 Å². The van der Waals surface area contributed by atoms with Crippen molar-refractivity contribution in [3.05, 3.63) is 155 Å². The Balaban J connectivity index is 0.836. The van der Waals surface area contributed by atoms with Crippen molar-refractivity contribution < 1.29 is 24.2 Å². The van der Waals surface area contributed by atoms with Crippen LogP contribution in [-0.4, -0.2) is 63.4 Å². The van der Waals surface area contributed by atoms with Crippen LogP contribution in [0.5, 0.6) is 5.75 Å². The average molecular weight is 821 g/mol. The van der Waals surface area contributed by atoms with Gasteiger partial charge >= 0.3 is 6.09 Å². The lowest BCUT2D eigenvalue weighted by Crippen LogP contribution is -2.49. The van der Waals surface area contributed by atoms with E-state index in [0.717, 1.165) is 65.4 Å². The second-order valence-electron chi connectivity index (χ2n) is 16.0. The fourth-order valence-corrected chi connectivity index (χ4v) is 8.36. The maximum absolute atomic E-state index is 13.6. The van der Waals surface area contributed by atoms with Gasteiger partial charge in [0.1, 0.15) is 11.4 Å². The summed E-state index contributed by atoms with van der Waals surface area (Å²) in [7, 11) is 0. The fourth-order valence-electron chi connectivity index (χ4n) is 8.36. The van der Waals surface area contributed by atoms with E-state index in [0.29, 0.717) is 74.6 Å². The standard InChI is InChI=1S/C51H56N4O6/c1-3-5-6-7-8-9-10-11-12-13-14-15-16-17-18-48(57)52-41-22-19-37(20-23-41)35-53-27-29-54(30-28-53)50(59)61-42-24-21-38-33-44-40(31-39(38)32-42)36-55-46(44)34-45-43(49(55)58)25-26-47(56)51(45,60)4-2/h3,6-7,9-10,12-13,15-16,19-24,31-34,60H,1,4-5,8,11,14,17-18,25-30,35-36H2,2H3,(H,52,57)/b7-6-,10-9-,13-12-,16-15-/t51-/m0/s1. The minimum absolute atomic E-state index is 0.00944. The molecule has 1 saturated heterocycles. The number of allylic oxidation sites excluding steroid dienone is 9. The number of ether oxygens (including phenoxy) is 1. The van der Waals surface area contributed by atoms with E-state index in [1.54, 1.807) is 22.5 Å². The van der Waals surface area contributed by atoms with E-state index < -0.39 is 11.7 Å². The lowest BCUT2D eigenvalue weighted by atomic mass is 9.76. The molecule has 3 aromatic carbocycles. The number of aromatic nitrogens is 1. The van der Waals surface area contributed by atoms with Crippen molar-refractivity contribution in [3.8, 4) is 17.0 Å². The predicted molar refractivity (Wildman–Crippen MR) is 243 cm³/mol. The minimum Gasteiger partial charge on any atom is -0.410 e. The maximum Gasteiger partial charge on any atom is 0.415 e. The quantitative estimate of drug-likeness (QED) is 0.0953. The van der Waals surface area contributed by atoms with Crippen LogP contribution in [0.2, 0.25) is 0 Å². The molecule has 10 nitrogen and oxygen atoms in total. The van der Waals surface area contributed by atoms with Crippen molar-refractivity contribution in [2.45, 2.75) is 83.4 Å². The summed E-state index contributed by atoms with van der Waals surface area (Å²) in [4.78, 5) is 56.1. The van der Waals surface area contributed by atoms with Crippen LogP contribution in [-0.2, 0) is 34.7 Å². The molecule has 1 aromatic heterocycles. The Hall–Kier alpha value is -6.10. The zero-order valence-corrected chi connectivity index (χ0v) is 35.1. The van der Waals surface area contributed by atoms with E-state index >= 15 is 0 Å². The Morgan fingerprint density at radius 3 is 2.20 bits per heavy atom. The number of carbonyl (C=O) groups is 3. The summed E-state index contributed by atoms with van der Waals surface area (Å²) in [6.07, 6.45) is 24.0. The van der Waals surface area contributed by atoms with Crippen molar-refractivity contribution in [2.75, 3.05) is 31.5 Å². The number of hydrogen-bond acceptors (Lipinski definition) is 7. The van der Waals surface area contributed by atoms with E-state index in [-0.39, 0.29) is 30.1 Å². The number of amides is 2. The molecule has 0 spiro atoms. The maximum atomic E-state index is 13.6. The molecular formula is C51H56N4O6. The van der Waals surface area contributed by atoms with Gasteiger partial charge in [-0.1, -0.05) is 79.8 Å². The molecule has 2 aliphatic heterocycles. The number of piperazine rings is 1. The Bertz CT molecular complexity index is 2450. The minimum atomic E-state index is -1.64. The first-order valence-corrected chi connectivity index (χ1v) is 21.6. The molecule has 61 heavy (non-hydrogen) atoms. The third-order valence-electron chi connectivity index (χ3n) is 11.9. The number of rotatable bonds is 16. The number of Topliss-reactive ketones (excluding diaryl/α,β-unsaturated/α-hetero) is 1. The van der Waals surface area contributed by atoms with Crippen LogP contribution in [0.1, 0.15) is 80.5 Å². The molecule has 1 fully saturated rings. The monoisotopic (exact) mass is 820 g/mol. The van der Waals surface area contributed by atoms with E-state index in [1.165, 1.54) is 0 Å². The molecule has 0 bridgehead atoms. The van der Waals surface area contributed by atoms with Crippen LogP contribution in [0.4, 0.5) is 10.5 Å². The first-order chi connectivity index (χ1) is 29.7. The highest BCUT2D eigenvalue weighted by atomic mass is 16.6. The Kier molecular flexibility index (Phi) is 14.1. The van der Waals surface area contributed by atoms with Crippen LogP contribution >= 0.6 is 0 Å². The normalized spacial score (nSPS) is 17.7. The van der Waals surface area contributed by atoms with Gasteiger partial charge in [-0.15, -0.1) is 6.58 Å². The first kappa shape index (κ1) is 43.0. The number of fused-ring (bicyclic) bond motifs is 5. The van der Waals surface area contributed by atoms with Gasteiger partial charge in [-0.25, -0.2) is 4.79 Å². The molecule has 7 rings (SSSR count). The Morgan fingerprint density at radius 1 is 0.820 bits per heavy atom. The second-order valence-corrected chi connectivity index (χ2v) is 16.0. The number of ketones is 1. The molecule has 0 radical (unpaired) electrons. The highest BCUT2D eigenvalue weighted by Gasteiger charge is 2.43. The second kappa shape index (κ2) is 20.0. The third kappa shape index (κ3) is 10.3. The van der Waals surface area contributed by atoms with Crippen LogP contribution in [0, 0.1) is 0 Å². The summed E-state index contributed by atoms with van der Waals surface area (Å²) < 4.78 is 7.59. The smallest absolute Gasteiger partial charge is 0.410 e. The van der Waals surface area contributed by atoms with Crippen molar-refractivity contribution in [2.24, 2.45) is 0 Å². The lowest BCUT2D eigenvalue weighted by molar-refractivity contribution is -0.140. The van der Waals surface area contributed by atoms with Crippen LogP contribution in [0.25, 0.3) is 22.0 Å². The summed E-state index contributed by atoms with van der Waals surface area (Å²) in [5, 5.41) is 16.1. The van der Waals surface area contributed by atoms with Gasteiger partial charge in [0.2, 0.25) is 5.91 Å². The Morgan fingerprint density at radius 2 is 1.51 bits per heavy atom. The van der Waals surface area contributed by atoms with Crippen LogP contribution in [0.15, 0.2) is 127 Å². The van der Waals surface area contributed by atoms with Gasteiger partial charge in [-0.2, -0.15) is 0 Å². The molecule has 10 heteroatoms. The van der Waals surface area contributed by atoms with Gasteiger partial charge in [0.05, 0.1) is 12.2 Å². The SMILES string of the molecule is C=CC/C=C\C/C=C\C/C=C\C/C=C\CCC(=O)Nc1ccc(CN2CCN(C(=O)Oc3ccc4cc5c(cc4c3)Cn3c-5cc4c(c3=O)CCC(=O)[C@]4(O)CC)CC2)cc1. The highest BCUT2D eigenvalue weighted by Crippen LogP contribution is 2.40. The van der Waals surface area contributed by atoms with Gasteiger partial charge in [-0.05, 0) is 109 Å². The van der Waals surface area contributed by atoms with Gasteiger partial charge in [0.25, 0.3) is 5.56 Å². The molecule has 0 unspecified atom stereocenters. The van der Waals surface area contributed by atoms with Gasteiger partial charge in [0, 0.05) is 67.9 Å². The molecule has 3 aliphatic rings. The van der Waals surface area contributed by atoms with Crippen molar-refractivity contribution >= 4 is 34.2 Å². The molecule has 4 aromatic rings. The lowest BCUT2D eigenvalue weighted by Gasteiger charge is -2.34. The number of benzene rings is 3. The van der Waals surface area contributed by atoms with E-state index in [1.807, 2.05) is 60.7 Å². The van der Waals surface area contributed by atoms with E-state index in [2.05, 4.69) is 65.4 Å². The number of pyridine rings is 1. The van der Waals surface area contributed by atoms with Gasteiger partial charge in [-0.3, -0.25) is 19.3 Å². The summed E-state index contributed by atoms with van der Waals surface area (Å²) in [6.45, 7) is 9.11. The molecule has 1 atom stereocenters. The molecule has 0 saturated carbocycles. The van der Waals surface area contributed by atoms with E-state index in [4.69, 9.17) is 4.74 Å². The molecule has 2 amide bonds. The first-order valence-electron chi connectivity index (χ1n) is 21.6. The molecule has 1 aliphatic carbocycles. The highest BCUT2D eigenvalue weighted by molar-refractivity contribution is 5.93. The number of anilines is 1. The summed E-state index contributed by atoms with van der Waals surface area (Å²) in [6, 6.07) is 19.4. The van der Waals surface area contributed by atoms with Crippen molar-refractivity contribution in [3.63, 3.8) is 0 Å². The zero-order chi connectivity index (χ0) is 42.8. The number of nitrogens with zero attached hydrogens (tertiary/aromatic N) is 3. The summed E-state index contributed by atoms with van der Waals surface area (Å²) >= 11 is 0. The molecular weight excluding hydrogens is 765 g/mol. The van der Waals surface area contributed by atoms with Crippen molar-refractivity contribution in [1.82, 2.24) is 14.4 Å². The average Bonchev–Trinajstić information content (AvgIpc) is 3.62. The molecule has 316 valence electrons. The number of hydrogen-bond donors (Lipinski definition) is 2. The predicted octanol–water partition coefficient (Wildman–Crippen LogP) is 9.15. The Labute approximate surface area is 358 Å². The number of aliphatic hydroxyl groups is 1.